The Hall–Kier alpha value is -2.73. The van der Waals surface area contributed by atoms with E-state index in [1.165, 1.54) is 0 Å². The molecule has 8 heteroatoms. The molecule has 0 unspecified atom stereocenters. The Morgan fingerprint density at radius 3 is 2.43 bits per heavy atom. The zero-order chi connectivity index (χ0) is 17.5. The lowest BCUT2D eigenvalue weighted by atomic mass is 10.1. The monoisotopic (exact) mass is 320 g/mol. The maximum Gasteiger partial charge on any atom is 0.411 e. The van der Waals surface area contributed by atoms with Crippen molar-refractivity contribution in [2.75, 3.05) is 6.67 Å². The molecule has 0 aliphatic heterocycles. The molecule has 0 fully saturated rings. The van der Waals surface area contributed by atoms with Crippen LogP contribution < -0.4 is 0 Å². The number of carbonyl (C=O) groups is 2. The summed E-state index contributed by atoms with van der Waals surface area (Å²) in [7, 11) is 0. The summed E-state index contributed by atoms with van der Waals surface area (Å²) in [6.45, 7) is 4.59. The molecule has 1 atom stereocenters. The van der Waals surface area contributed by atoms with Gasteiger partial charge in [0.15, 0.2) is 0 Å². The second-order valence-electron chi connectivity index (χ2n) is 5.87. The van der Waals surface area contributed by atoms with Gasteiger partial charge in [0.1, 0.15) is 18.3 Å². The molecule has 8 nitrogen and oxygen atoms in total. The second kappa shape index (κ2) is 8.05. The molecule has 0 saturated heterocycles. The van der Waals surface area contributed by atoms with Crippen molar-refractivity contribution in [1.82, 2.24) is 4.90 Å². The van der Waals surface area contributed by atoms with Gasteiger partial charge in [0.25, 0.3) is 0 Å². The zero-order valence-corrected chi connectivity index (χ0v) is 13.3. The van der Waals surface area contributed by atoms with Crippen molar-refractivity contribution in [2.45, 2.75) is 38.8 Å². The fraction of sp³-hybridized carbons (Fsp3) is 0.467. The fourth-order valence-corrected chi connectivity index (χ4v) is 1.87. The standard InChI is InChI=1S/C15H20N4O4/c1-15(2,3)23-14(22)19(10-17-18-16)12(13(20)21)9-11-7-5-4-6-8-11/h4-8,12H,9-10H2,1-3H3,(H,20,21)/t12-/m0/s1. The Kier molecular flexibility index (Phi) is 6.41. The third kappa shape index (κ3) is 6.27. The summed E-state index contributed by atoms with van der Waals surface area (Å²) < 4.78 is 5.21. The Morgan fingerprint density at radius 1 is 1.35 bits per heavy atom. The Morgan fingerprint density at radius 2 is 1.96 bits per heavy atom. The number of azide groups is 1. The molecule has 0 radical (unpaired) electrons. The molecule has 0 aromatic heterocycles. The number of hydrogen-bond acceptors (Lipinski definition) is 4. The Balaban J connectivity index is 3.05. The SMILES string of the molecule is CC(C)(C)OC(=O)N(CN=[N+]=[N-])[C@@H](Cc1ccccc1)C(=O)O. The smallest absolute Gasteiger partial charge is 0.411 e. The van der Waals surface area contributed by atoms with E-state index in [9.17, 15) is 14.7 Å². The lowest BCUT2D eigenvalue weighted by Crippen LogP contribution is -2.48. The third-order valence-electron chi connectivity index (χ3n) is 2.84. The van der Waals surface area contributed by atoms with Crippen LogP contribution in [0.15, 0.2) is 35.4 Å². The van der Waals surface area contributed by atoms with Crippen molar-refractivity contribution in [2.24, 2.45) is 5.11 Å². The van der Waals surface area contributed by atoms with Gasteiger partial charge in [-0.1, -0.05) is 35.4 Å². The molecule has 0 heterocycles. The first-order valence-electron chi connectivity index (χ1n) is 7.02. The topological polar surface area (TPSA) is 116 Å². The van der Waals surface area contributed by atoms with Gasteiger partial charge < -0.3 is 9.84 Å². The zero-order valence-electron chi connectivity index (χ0n) is 13.3. The van der Waals surface area contributed by atoms with Gasteiger partial charge in [-0.05, 0) is 31.9 Å². The molecule has 1 N–H and O–H groups in total. The van der Waals surface area contributed by atoms with E-state index in [4.69, 9.17) is 10.3 Å². The molecule has 1 aromatic carbocycles. The van der Waals surface area contributed by atoms with E-state index in [0.717, 1.165) is 10.5 Å². The van der Waals surface area contributed by atoms with Crippen LogP contribution in [-0.2, 0) is 16.0 Å². The number of hydrogen-bond donors (Lipinski definition) is 1. The summed E-state index contributed by atoms with van der Waals surface area (Å²) in [4.78, 5) is 27.4. The molecule has 23 heavy (non-hydrogen) atoms. The molecule has 1 rings (SSSR count). The lowest BCUT2D eigenvalue weighted by Gasteiger charge is -2.30. The van der Waals surface area contributed by atoms with Crippen LogP contribution in [0.4, 0.5) is 4.79 Å². The summed E-state index contributed by atoms with van der Waals surface area (Å²) in [5.74, 6) is -1.20. The van der Waals surface area contributed by atoms with E-state index >= 15 is 0 Å². The number of rotatable bonds is 6. The molecular weight excluding hydrogens is 300 g/mol. The predicted molar refractivity (Wildman–Crippen MR) is 83.7 cm³/mol. The van der Waals surface area contributed by atoms with Crippen LogP contribution in [0.2, 0.25) is 0 Å². The highest BCUT2D eigenvalue weighted by molar-refractivity contribution is 5.80. The molecule has 0 saturated carbocycles. The van der Waals surface area contributed by atoms with Gasteiger partial charge in [-0.3, -0.25) is 4.90 Å². The lowest BCUT2D eigenvalue weighted by molar-refractivity contribution is -0.143. The molecule has 0 bridgehead atoms. The molecule has 0 aliphatic rings. The average Bonchev–Trinajstić information content (AvgIpc) is 2.45. The maximum atomic E-state index is 12.3. The number of nitrogens with zero attached hydrogens (tertiary/aromatic N) is 4. The number of amides is 1. The van der Waals surface area contributed by atoms with Crippen molar-refractivity contribution < 1.29 is 19.4 Å². The summed E-state index contributed by atoms with van der Waals surface area (Å²) >= 11 is 0. The van der Waals surface area contributed by atoms with Crippen LogP contribution in [0.3, 0.4) is 0 Å². The highest BCUT2D eigenvalue weighted by atomic mass is 16.6. The van der Waals surface area contributed by atoms with Crippen molar-refractivity contribution in [3.63, 3.8) is 0 Å². The first kappa shape index (κ1) is 18.3. The van der Waals surface area contributed by atoms with Gasteiger partial charge in [0, 0.05) is 11.3 Å². The molecular formula is C15H20N4O4. The van der Waals surface area contributed by atoms with E-state index in [-0.39, 0.29) is 6.42 Å². The highest BCUT2D eigenvalue weighted by Gasteiger charge is 2.32. The van der Waals surface area contributed by atoms with Crippen molar-refractivity contribution in [3.05, 3.63) is 46.3 Å². The fourth-order valence-electron chi connectivity index (χ4n) is 1.87. The van der Waals surface area contributed by atoms with Gasteiger partial charge in [-0.25, -0.2) is 9.59 Å². The molecule has 124 valence electrons. The first-order chi connectivity index (χ1) is 10.7. The Labute approximate surface area is 134 Å². The third-order valence-corrected chi connectivity index (χ3v) is 2.84. The van der Waals surface area contributed by atoms with Gasteiger partial charge in [-0.15, -0.1) is 0 Å². The van der Waals surface area contributed by atoms with E-state index in [2.05, 4.69) is 10.0 Å². The normalized spacial score (nSPS) is 12.0. The quantitative estimate of drug-likeness (QED) is 0.492. The molecule has 0 aliphatic carbocycles. The first-order valence-corrected chi connectivity index (χ1v) is 7.02. The number of carboxylic acid groups (broad SMARTS) is 1. The van der Waals surface area contributed by atoms with E-state index in [0.29, 0.717) is 0 Å². The van der Waals surface area contributed by atoms with Gasteiger partial charge in [-0.2, -0.15) is 0 Å². The molecule has 1 aromatic rings. The van der Waals surface area contributed by atoms with Crippen LogP contribution in [0, 0.1) is 0 Å². The maximum absolute atomic E-state index is 12.3. The number of carboxylic acids is 1. The molecule has 0 spiro atoms. The summed E-state index contributed by atoms with van der Waals surface area (Å²) in [6.07, 6.45) is -0.760. The summed E-state index contributed by atoms with van der Waals surface area (Å²) in [6, 6.07) is 7.69. The van der Waals surface area contributed by atoms with Crippen LogP contribution in [0.25, 0.3) is 10.4 Å². The largest absolute Gasteiger partial charge is 0.480 e. The molecule has 1 amide bonds. The van der Waals surface area contributed by atoms with Crippen LogP contribution in [0.5, 0.6) is 0 Å². The number of benzene rings is 1. The average molecular weight is 320 g/mol. The van der Waals surface area contributed by atoms with Crippen LogP contribution >= 0.6 is 0 Å². The van der Waals surface area contributed by atoms with Gasteiger partial charge in [0.05, 0.1) is 0 Å². The summed E-state index contributed by atoms with van der Waals surface area (Å²) in [5, 5.41) is 12.8. The van der Waals surface area contributed by atoms with Gasteiger partial charge in [0.2, 0.25) is 0 Å². The number of aliphatic carboxylic acids is 1. The van der Waals surface area contributed by atoms with Crippen molar-refractivity contribution in [3.8, 4) is 0 Å². The predicted octanol–water partition coefficient (Wildman–Crippen LogP) is 3.19. The van der Waals surface area contributed by atoms with Crippen molar-refractivity contribution in [1.29, 1.82) is 0 Å². The number of carbonyl (C=O) groups excluding carboxylic acids is 1. The highest BCUT2D eigenvalue weighted by Crippen LogP contribution is 2.15. The van der Waals surface area contributed by atoms with Crippen LogP contribution in [0.1, 0.15) is 26.3 Å². The van der Waals surface area contributed by atoms with E-state index < -0.39 is 30.4 Å². The summed E-state index contributed by atoms with van der Waals surface area (Å²) in [5.41, 5.74) is 8.43. The van der Waals surface area contributed by atoms with Gasteiger partial charge >= 0.3 is 12.1 Å². The minimum Gasteiger partial charge on any atom is -0.480 e. The van der Waals surface area contributed by atoms with E-state index in [1.54, 1.807) is 45.0 Å². The minimum absolute atomic E-state index is 0.0797. The van der Waals surface area contributed by atoms with Crippen molar-refractivity contribution >= 4 is 12.1 Å². The van der Waals surface area contributed by atoms with Crippen LogP contribution in [-0.4, -0.2) is 40.4 Å². The minimum atomic E-state index is -1.20. The number of ether oxygens (including phenoxy) is 1. The second-order valence-corrected chi connectivity index (χ2v) is 5.87. The Bertz CT molecular complexity index is 591. The van der Waals surface area contributed by atoms with E-state index in [1.807, 2.05) is 6.07 Å².